The molecule has 4 aromatic heterocycles. The van der Waals surface area contributed by atoms with Crippen molar-refractivity contribution in [2.75, 3.05) is 61.6 Å². The molecule has 1 unspecified atom stereocenters. The molecule has 7 rings (SSSR count). The first kappa shape index (κ1) is 25.1. The number of nitrogens with zero attached hydrogens (tertiary/aromatic N) is 6. The van der Waals surface area contributed by atoms with E-state index < -0.39 is 0 Å². The normalized spacial score (nSPS) is 20.4. The van der Waals surface area contributed by atoms with Gasteiger partial charge in [-0.05, 0) is 25.5 Å². The van der Waals surface area contributed by atoms with Crippen LogP contribution in [-0.2, 0) is 4.74 Å². The van der Waals surface area contributed by atoms with Gasteiger partial charge in [0.25, 0.3) is 0 Å². The Morgan fingerprint density at radius 2 is 2.10 bits per heavy atom. The van der Waals surface area contributed by atoms with Gasteiger partial charge in [-0.25, -0.2) is 9.97 Å². The van der Waals surface area contributed by atoms with Crippen molar-refractivity contribution in [3.05, 3.63) is 41.9 Å². The number of piperazine rings is 1. The summed E-state index contributed by atoms with van der Waals surface area (Å²) >= 11 is 1.72. The topological polar surface area (TPSA) is 124 Å². The molecule has 0 spiro atoms. The molecule has 3 N–H and O–H groups in total. The van der Waals surface area contributed by atoms with Crippen LogP contribution in [0.5, 0.6) is 5.75 Å². The van der Waals surface area contributed by atoms with Gasteiger partial charge in [-0.3, -0.25) is 9.97 Å². The Morgan fingerprint density at radius 1 is 1.23 bits per heavy atom. The summed E-state index contributed by atoms with van der Waals surface area (Å²) in [6, 6.07) is 6.87. The number of hydrogen-bond donors (Lipinski definition) is 3. The molecule has 0 aromatic carbocycles. The van der Waals surface area contributed by atoms with E-state index >= 15 is 0 Å². The van der Waals surface area contributed by atoms with E-state index in [2.05, 4.69) is 31.5 Å². The zero-order valence-corrected chi connectivity index (χ0v) is 23.3. The van der Waals surface area contributed by atoms with E-state index in [4.69, 9.17) is 29.8 Å². The third kappa shape index (κ3) is 4.41. The predicted octanol–water partition coefficient (Wildman–Crippen LogP) is 3.59. The first-order chi connectivity index (χ1) is 19.6. The molecule has 11 nitrogen and oxygen atoms in total. The van der Waals surface area contributed by atoms with Crippen molar-refractivity contribution in [2.24, 2.45) is 0 Å². The third-order valence-corrected chi connectivity index (χ3v) is 8.93. The average molecular weight is 558 g/mol. The Balaban J connectivity index is 1.31. The number of aryl methyl sites for hydroxylation is 1. The Hall–Kier alpha value is -3.87. The molecule has 0 amide bonds. The van der Waals surface area contributed by atoms with Crippen molar-refractivity contribution in [1.29, 1.82) is 5.41 Å². The molecule has 4 aromatic rings. The molecule has 0 aliphatic carbocycles. The standard InChI is InChI=1S/C28H31N9O2S/c1-16-19(12-29)21(10-22(32-16)20-14-30-4-3-23(20)38-2)33-25-11-24-26(27(34-25)36-5-7-39-8-6-36)35-28(40-24)37-15-17-9-18(37)13-31-17/h3-4,10-12,14,17-18,29,31H,5-9,13,15H2,1-2H3,(H,32,33,34)/t17-,18?/m1/s1. The molecule has 0 radical (unpaired) electrons. The number of rotatable bonds is 7. The van der Waals surface area contributed by atoms with Gasteiger partial charge in [-0.15, -0.1) is 0 Å². The number of aromatic nitrogens is 4. The number of morpholine rings is 1. The van der Waals surface area contributed by atoms with E-state index in [0.717, 1.165) is 64.3 Å². The van der Waals surface area contributed by atoms with Crippen LogP contribution in [0.25, 0.3) is 21.5 Å². The zero-order chi connectivity index (χ0) is 27.2. The summed E-state index contributed by atoms with van der Waals surface area (Å²) in [4.78, 5) is 24.0. The Labute approximate surface area is 236 Å². The fraction of sp³-hybridized carbons (Fsp3) is 0.393. The fourth-order valence-electron chi connectivity index (χ4n) is 5.88. The molecule has 40 heavy (non-hydrogen) atoms. The number of methoxy groups -OCH3 is 1. The summed E-state index contributed by atoms with van der Waals surface area (Å²) in [6.45, 7) is 6.77. The summed E-state index contributed by atoms with van der Waals surface area (Å²) in [5.74, 6) is 2.25. The third-order valence-electron chi connectivity index (χ3n) is 7.89. The smallest absolute Gasteiger partial charge is 0.186 e. The maximum Gasteiger partial charge on any atom is 0.186 e. The van der Waals surface area contributed by atoms with Crippen LogP contribution in [0.1, 0.15) is 17.7 Å². The van der Waals surface area contributed by atoms with Crippen LogP contribution < -0.4 is 25.2 Å². The second kappa shape index (κ2) is 10.3. The predicted molar refractivity (Wildman–Crippen MR) is 158 cm³/mol. The van der Waals surface area contributed by atoms with Gasteiger partial charge in [-0.2, -0.15) is 0 Å². The van der Waals surface area contributed by atoms with Crippen LogP contribution in [-0.4, -0.2) is 84.7 Å². The molecular formula is C28H31N9O2S. The van der Waals surface area contributed by atoms with E-state index in [-0.39, 0.29) is 0 Å². The molecule has 2 bridgehead atoms. The van der Waals surface area contributed by atoms with Gasteiger partial charge < -0.3 is 35.3 Å². The Bertz CT molecular complexity index is 1590. The Kier molecular flexibility index (Phi) is 6.45. The highest BCUT2D eigenvalue weighted by molar-refractivity contribution is 7.22. The van der Waals surface area contributed by atoms with Crippen molar-refractivity contribution in [3.8, 4) is 17.0 Å². The minimum absolute atomic E-state index is 0.501. The zero-order valence-electron chi connectivity index (χ0n) is 22.5. The monoisotopic (exact) mass is 557 g/mol. The molecular weight excluding hydrogens is 526 g/mol. The highest BCUT2D eigenvalue weighted by Gasteiger charge is 2.39. The first-order valence-corrected chi connectivity index (χ1v) is 14.3. The lowest BCUT2D eigenvalue weighted by atomic mass is 10.1. The van der Waals surface area contributed by atoms with Gasteiger partial charge in [0.1, 0.15) is 17.1 Å². The van der Waals surface area contributed by atoms with Crippen molar-refractivity contribution in [1.82, 2.24) is 25.3 Å². The largest absolute Gasteiger partial charge is 0.496 e. The lowest BCUT2D eigenvalue weighted by Crippen LogP contribution is -2.43. The van der Waals surface area contributed by atoms with Crippen molar-refractivity contribution in [3.63, 3.8) is 0 Å². The van der Waals surface area contributed by atoms with E-state index in [0.29, 0.717) is 48.1 Å². The molecule has 7 heterocycles. The summed E-state index contributed by atoms with van der Waals surface area (Å²) in [7, 11) is 1.64. The molecule has 3 aliphatic rings. The molecule has 206 valence electrons. The number of thiazole rings is 1. The highest BCUT2D eigenvalue weighted by Crippen LogP contribution is 2.40. The van der Waals surface area contributed by atoms with E-state index in [9.17, 15) is 0 Å². The quantitative estimate of drug-likeness (QED) is 0.290. The van der Waals surface area contributed by atoms with Crippen molar-refractivity contribution in [2.45, 2.75) is 25.4 Å². The van der Waals surface area contributed by atoms with Gasteiger partial charge in [0.2, 0.25) is 0 Å². The van der Waals surface area contributed by atoms with Crippen molar-refractivity contribution >= 4 is 50.2 Å². The van der Waals surface area contributed by atoms with E-state index in [1.165, 1.54) is 12.6 Å². The van der Waals surface area contributed by atoms with Gasteiger partial charge in [0.15, 0.2) is 10.9 Å². The summed E-state index contributed by atoms with van der Waals surface area (Å²) < 4.78 is 12.3. The highest BCUT2D eigenvalue weighted by atomic mass is 32.1. The van der Waals surface area contributed by atoms with Gasteiger partial charge >= 0.3 is 0 Å². The Morgan fingerprint density at radius 3 is 2.85 bits per heavy atom. The number of pyridine rings is 3. The molecule has 12 heteroatoms. The van der Waals surface area contributed by atoms with Crippen LogP contribution in [0.15, 0.2) is 30.6 Å². The second-order valence-corrected chi connectivity index (χ2v) is 11.3. The number of ether oxygens (including phenoxy) is 2. The summed E-state index contributed by atoms with van der Waals surface area (Å²) in [6.07, 6.45) is 5.95. The summed E-state index contributed by atoms with van der Waals surface area (Å²) in [5.41, 5.74) is 4.60. The van der Waals surface area contributed by atoms with Crippen LogP contribution >= 0.6 is 11.3 Å². The van der Waals surface area contributed by atoms with E-state index in [1.54, 1.807) is 30.8 Å². The number of anilines is 4. The molecule has 3 saturated heterocycles. The second-order valence-electron chi connectivity index (χ2n) is 10.3. The maximum atomic E-state index is 8.11. The van der Waals surface area contributed by atoms with Crippen LogP contribution in [0.3, 0.4) is 0 Å². The number of fused-ring (bicyclic) bond motifs is 3. The first-order valence-electron chi connectivity index (χ1n) is 13.5. The molecule has 3 fully saturated rings. The number of nitrogens with one attached hydrogen (secondary N) is 3. The number of hydrogen-bond acceptors (Lipinski definition) is 12. The lowest BCUT2D eigenvalue weighted by Gasteiger charge is -2.28. The van der Waals surface area contributed by atoms with Crippen molar-refractivity contribution < 1.29 is 9.47 Å². The SMILES string of the molecule is COc1ccncc1-c1cc(Nc2cc3sc(N4C[C@H]5CC4CN5)nc3c(N3CCOCC3)n2)c(C=N)c(C)n1. The van der Waals surface area contributed by atoms with E-state index in [1.807, 2.05) is 19.1 Å². The fourth-order valence-corrected chi connectivity index (χ4v) is 6.95. The van der Waals surface area contributed by atoms with Gasteiger partial charge in [0, 0.05) is 74.2 Å². The van der Waals surface area contributed by atoms with Crippen LogP contribution in [0, 0.1) is 12.3 Å². The van der Waals surface area contributed by atoms with Crippen LogP contribution in [0.2, 0.25) is 0 Å². The van der Waals surface area contributed by atoms with Gasteiger partial charge in [0.05, 0.1) is 42.0 Å². The summed E-state index contributed by atoms with van der Waals surface area (Å²) in [5, 5.41) is 16.3. The van der Waals surface area contributed by atoms with Gasteiger partial charge in [-0.1, -0.05) is 11.3 Å². The minimum atomic E-state index is 0.501. The molecule has 0 saturated carbocycles. The minimum Gasteiger partial charge on any atom is -0.496 e. The molecule has 3 aliphatic heterocycles. The maximum absolute atomic E-state index is 8.11. The molecule has 2 atom stereocenters. The van der Waals surface area contributed by atoms with Crippen LogP contribution in [0.4, 0.5) is 22.5 Å². The average Bonchev–Trinajstić information content (AvgIpc) is 3.73. The lowest BCUT2D eigenvalue weighted by molar-refractivity contribution is 0.122.